The Morgan fingerprint density at radius 3 is 2.32 bits per heavy atom. The highest BCUT2D eigenvalue weighted by Gasteiger charge is 2.18. The third-order valence-electron chi connectivity index (χ3n) is 5.04. The topological polar surface area (TPSA) is 85.6 Å². The van der Waals surface area contributed by atoms with Crippen LogP contribution >= 0.6 is 11.5 Å². The molecule has 0 saturated carbocycles. The van der Waals surface area contributed by atoms with Crippen molar-refractivity contribution in [1.29, 1.82) is 0 Å². The highest BCUT2D eigenvalue weighted by atomic mass is 32.1. The first-order chi connectivity index (χ1) is 14.7. The van der Waals surface area contributed by atoms with E-state index in [4.69, 9.17) is 0 Å². The van der Waals surface area contributed by atoms with Gasteiger partial charge in [-0.15, -0.1) is 5.10 Å². The molecule has 8 heteroatoms. The summed E-state index contributed by atoms with van der Waals surface area (Å²) in [7, 11) is 0. The molecule has 0 unspecified atom stereocenters. The van der Waals surface area contributed by atoms with Crippen LogP contribution in [0.5, 0.6) is 0 Å². The van der Waals surface area contributed by atoms with Gasteiger partial charge in [0.25, 0.3) is 5.91 Å². The fourth-order valence-corrected chi connectivity index (χ4v) is 3.69. The number of benzene rings is 2. The molecule has 2 aromatic heterocycles. The molecule has 0 fully saturated rings. The number of hydrogen-bond donors (Lipinski definition) is 1. The molecule has 1 N–H and O–H groups in total. The number of anilines is 1. The van der Waals surface area contributed by atoms with Crippen LogP contribution in [0.1, 0.15) is 48.0 Å². The second-order valence-corrected chi connectivity index (χ2v) is 9.23. The van der Waals surface area contributed by atoms with Crippen LogP contribution in [0.4, 0.5) is 5.13 Å². The third kappa shape index (κ3) is 4.39. The quantitative estimate of drug-likeness (QED) is 0.493. The van der Waals surface area contributed by atoms with Gasteiger partial charge in [-0.1, -0.05) is 55.8 Å². The number of carbonyl (C=O) groups excluding carboxylic acids is 1. The lowest BCUT2D eigenvalue weighted by molar-refractivity contribution is 0.102. The summed E-state index contributed by atoms with van der Waals surface area (Å²) in [6, 6.07) is 15.7. The van der Waals surface area contributed by atoms with Crippen molar-refractivity contribution in [3.05, 3.63) is 70.9 Å². The van der Waals surface area contributed by atoms with Gasteiger partial charge in [-0.05, 0) is 49.1 Å². The van der Waals surface area contributed by atoms with E-state index in [0.29, 0.717) is 22.2 Å². The maximum absolute atomic E-state index is 12.6. The summed E-state index contributed by atoms with van der Waals surface area (Å²) in [5.41, 5.74) is 5.31. The number of aromatic nitrogens is 5. The summed E-state index contributed by atoms with van der Waals surface area (Å²) in [6.45, 7) is 10.4. The van der Waals surface area contributed by atoms with Crippen molar-refractivity contribution in [2.75, 3.05) is 5.32 Å². The van der Waals surface area contributed by atoms with E-state index in [1.54, 1.807) is 4.68 Å². The van der Waals surface area contributed by atoms with Crippen molar-refractivity contribution in [3.8, 4) is 17.2 Å². The van der Waals surface area contributed by atoms with E-state index in [1.165, 1.54) is 11.1 Å². The second kappa shape index (κ2) is 8.03. The molecule has 158 valence electrons. The van der Waals surface area contributed by atoms with Crippen LogP contribution in [0.15, 0.2) is 48.5 Å². The predicted octanol–water partition coefficient (Wildman–Crippen LogP) is 4.95. The van der Waals surface area contributed by atoms with E-state index in [-0.39, 0.29) is 11.3 Å². The number of hydrogen-bond acceptors (Lipinski definition) is 6. The van der Waals surface area contributed by atoms with Crippen molar-refractivity contribution in [2.45, 2.75) is 40.0 Å². The molecular formula is C23H24N6OS. The molecule has 4 aromatic rings. The van der Waals surface area contributed by atoms with Gasteiger partial charge in [-0.25, -0.2) is 4.68 Å². The highest BCUT2D eigenvalue weighted by molar-refractivity contribution is 7.10. The van der Waals surface area contributed by atoms with E-state index < -0.39 is 0 Å². The van der Waals surface area contributed by atoms with Crippen molar-refractivity contribution < 1.29 is 4.79 Å². The molecule has 1 amide bonds. The van der Waals surface area contributed by atoms with Crippen molar-refractivity contribution in [3.63, 3.8) is 0 Å². The number of nitrogens with zero attached hydrogens (tertiary/aromatic N) is 5. The maximum Gasteiger partial charge on any atom is 0.257 e. The molecule has 4 rings (SSSR count). The van der Waals surface area contributed by atoms with Gasteiger partial charge in [0.1, 0.15) is 0 Å². The minimum atomic E-state index is -0.219. The minimum absolute atomic E-state index is 0.0387. The average molecular weight is 433 g/mol. The lowest BCUT2D eigenvalue weighted by Crippen LogP contribution is -2.14. The van der Waals surface area contributed by atoms with Crippen LogP contribution in [-0.4, -0.2) is 30.3 Å². The number of nitrogens with one attached hydrogen (secondary N) is 1. The Bertz CT molecular complexity index is 1220. The second-order valence-electron chi connectivity index (χ2n) is 8.48. The molecule has 0 radical (unpaired) electrons. The number of amides is 1. The fourth-order valence-electron chi connectivity index (χ4n) is 3.13. The molecule has 2 aromatic carbocycles. The van der Waals surface area contributed by atoms with Gasteiger partial charge in [0.05, 0.1) is 11.4 Å². The standard InChI is InChI=1S/C23H24N6OS/c1-14-6-12-18(13-7-14)29-15(2)19(26-28-29)20-24-22(31-27-20)25-21(30)16-8-10-17(11-9-16)23(3,4)5/h6-13H,1-5H3,(H,24,25,27,30). The summed E-state index contributed by atoms with van der Waals surface area (Å²) in [5, 5.41) is 11.7. The monoisotopic (exact) mass is 432 g/mol. The van der Waals surface area contributed by atoms with Crippen LogP contribution < -0.4 is 5.32 Å². The summed E-state index contributed by atoms with van der Waals surface area (Å²) < 4.78 is 6.12. The van der Waals surface area contributed by atoms with Gasteiger partial charge >= 0.3 is 0 Å². The zero-order valence-electron chi connectivity index (χ0n) is 18.2. The molecule has 0 atom stereocenters. The van der Waals surface area contributed by atoms with Crippen molar-refractivity contribution in [2.24, 2.45) is 0 Å². The van der Waals surface area contributed by atoms with Gasteiger partial charge in [0.2, 0.25) is 5.13 Å². The molecule has 0 aliphatic rings. The average Bonchev–Trinajstić information content (AvgIpc) is 3.34. The van der Waals surface area contributed by atoms with Crippen molar-refractivity contribution in [1.82, 2.24) is 24.4 Å². The van der Waals surface area contributed by atoms with Gasteiger partial charge < -0.3 is 0 Å². The SMILES string of the molecule is Cc1ccc(-n2nnc(-c3nsc(NC(=O)c4ccc(C(C)(C)C)cc4)n3)c2C)cc1. The normalized spacial score (nSPS) is 11.5. The first kappa shape index (κ1) is 20.9. The zero-order chi connectivity index (χ0) is 22.2. The van der Waals surface area contributed by atoms with E-state index in [1.807, 2.05) is 62.4 Å². The summed E-state index contributed by atoms with van der Waals surface area (Å²) in [4.78, 5) is 17.0. The molecule has 0 aliphatic carbocycles. The van der Waals surface area contributed by atoms with Crippen LogP contribution in [0, 0.1) is 13.8 Å². The van der Waals surface area contributed by atoms with Crippen LogP contribution in [0.3, 0.4) is 0 Å². The molecule has 2 heterocycles. The van der Waals surface area contributed by atoms with Crippen LogP contribution in [0.25, 0.3) is 17.2 Å². The lowest BCUT2D eigenvalue weighted by atomic mass is 9.87. The predicted molar refractivity (Wildman–Crippen MR) is 123 cm³/mol. The molecule has 31 heavy (non-hydrogen) atoms. The first-order valence-corrected chi connectivity index (χ1v) is 10.7. The Kier molecular flexibility index (Phi) is 5.41. The highest BCUT2D eigenvalue weighted by Crippen LogP contribution is 2.25. The van der Waals surface area contributed by atoms with Crippen LogP contribution in [-0.2, 0) is 5.41 Å². The molecular weight excluding hydrogens is 408 g/mol. The Morgan fingerprint density at radius 2 is 1.68 bits per heavy atom. The summed E-state index contributed by atoms with van der Waals surface area (Å²) in [5.74, 6) is 0.224. The first-order valence-electron chi connectivity index (χ1n) is 9.98. The molecule has 7 nitrogen and oxygen atoms in total. The summed E-state index contributed by atoms with van der Waals surface area (Å²) in [6.07, 6.45) is 0. The summed E-state index contributed by atoms with van der Waals surface area (Å²) >= 11 is 1.12. The Labute approximate surface area is 185 Å². The number of rotatable bonds is 4. The van der Waals surface area contributed by atoms with E-state index in [0.717, 1.165) is 22.9 Å². The largest absolute Gasteiger partial charge is 0.297 e. The smallest absolute Gasteiger partial charge is 0.257 e. The molecule has 0 spiro atoms. The maximum atomic E-state index is 12.6. The van der Waals surface area contributed by atoms with E-state index >= 15 is 0 Å². The molecule has 0 saturated heterocycles. The number of carbonyl (C=O) groups is 1. The zero-order valence-corrected chi connectivity index (χ0v) is 19.0. The Hall–Kier alpha value is -3.39. The fraction of sp³-hybridized carbons (Fsp3) is 0.261. The third-order valence-corrected chi connectivity index (χ3v) is 5.68. The van der Waals surface area contributed by atoms with Gasteiger partial charge in [0, 0.05) is 17.1 Å². The van der Waals surface area contributed by atoms with Gasteiger partial charge in [0.15, 0.2) is 11.5 Å². The number of aryl methyl sites for hydroxylation is 1. The molecule has 0 bridgehead atoms. The Morgan fingerprint density at radius 1 is 1.00 bits per heavy atom. The van der Waals surface area contributed by atoms with Crippen molar-refractivity contribution >= 4 is 22.6 Å². The van der Waals surface area contributed by atoms with Crippen LogP contribution in [0.2, 0.25) is 0 Å². The lowest BCUT2D eigenvalue weighted by Gasteiger charge is -2.18. The molecule has 0 aliphatic heterocycles. The van der Waals surface area contributed by atoms with Gasteiger partial charge in [-0.3, -0.25) is 10.1 Å². The minimum Gasteiger partial charge on any atom is -0.297 e. The van der Waals surface area contributed by atoms with E-state index in [9.17, 15) is 4.79 Å². The van der Waals surface area contributed by atoms with E-state index in [2.05, 4.69) is 45.8 Å². The Balaban J connectivity index is 1.51. The van der Waals surface area contributed by atoms with Gasteiger partial charge in [-0.2, -0.15) is 9.36 Å².